The highest BCUT2D eigenvalue weighted by Gasteiger charge is 2.56. The van der Waals surface area contributed by atoms with Crippen LogP contribution in [0.4, 0.5) is 0 Å². The van der Waals surface area contributed by atoms with Crippen LogP contribution in [0.5, 0.6) is 63.2 Å². The largest absolute Gasteiger partial charge is 0.508 e. The molecule has 4 aromatic rings. The fourth-order valence-corrected chi connectivity index (χ4v) is 5.54. The van der Waals surface area contributed by atoms with Crippen LogP contribution in [0.25, 0.3) is 0 Å². The lowest BCUT2D eigenvalue weighted by Crippen LogP contribution is -2.55. The van der Waals surface area contributed by atoms with E-state index in [0.717, 1.165) is 36.4 Å². The summed E-state index contributed by atoms with van der Waals surface area (Å²) in [7, 11) is 0. The number of phenols is 9. The average Bonchev–Trinajstić information content (AvgIpc) is 2.95. The van der Waals surface area contributed by atoms with Crippen molar-refractivity contribution in [1.29, 1.82) is 0 Å². The number of hydrogen-bond acceptors (Lipinski definition) is 14. The fourth-order valence-electron chi connectivity index (χ4n) is 5.54. The molecular formula is C30H26O14. The minimum Gasteiger partial charge on any atom is -0.508 e. The predicted molar refractivity (Wildman–Crippen MR) is 146 cm³/mol. The second-order valence-corrected chi connectivity index (χ2v) is 10.5. The van der Waals surface area contributed by atoms with Gasteiger partial charge in [-0.05, 0) is 29.8 Å². The lowest BCUT2D eigenvalue weighted by molar-refractivity contribution is -0.307. The molecule has 2 heterocycles. The Labute approximate surface area is 247 Å². The molecule has 0 aromatic heterocycles. The van der Waals surface area contributed by atoms with Crippen molar-refractivity contribution >= 4 is 0 Å². The van der Waals surface area contributed by atoms with Crippen molar-refractivity contribution in [1.82, 2.24) is 0 Å². The summed E-state index contributed by atoms with van der Waals surface area (Å²) in [5.74, 6) is -8.39. The molecule has 2 aliphatic heterocycles. The molecule has 0 aliphatic carbocycles. The van der Waals surface area contributed by atoms with Crippen LogP contribution in [0.3, 0.4) is 0 Å². The number of hydrogen-bond donors (Lipinski definition) is 11. The molecule has 5 atom stereocenters. The quantitative estimate of drug-likeness (QED) is 0.149. The van der Waals surface area contributed by atoms with E-state index in [2.05, 4.69) is 0 Å². The molecule has 14 nitrogen and oxygen atoms in total. The van der Waals surface area contributed by atoms with Crippen molar-refractivity contribution in [3.8, 4) is 63.2 Å². The molecule has 0 spiro atoms. The van der Waals surface area contributed by atoms with Crippen molar-refractivity contribution in [2.24, 2.45) is 0 Å². The van der Waals surface area contributed by atoms with Crippen molar-refractivity contribution < 1.29 is 70.4 Å². The first-order chi connectivity index (χ1) is 20.8. The highest BCUT2D eigenvalue weighted by atomic mass is 16.7. The Morgan fingerprint density at radius 2 is 1.30 bits per heavy atom. The molecule has 14 heteroatoms. The maximum Gasteiger partial charge on any atom is 0.267 e. The second kappa shape index (κ2) is 10.1. The van der Waals surface area contributed by atoms with Gasteiger partial charge in [-0.2, -0.15) is 0 Å². The molecule has 4 aromatic carbocycles. The first-order valence-electron chi connectivity index (χ1n) is 13.1. The molecule has 2 aliphatic rings. The van der Waals surface area contributed by atoms with Crippen LogP contribution >= 0.6 is 0 Å². The van der Waals surface area contributed by atoms with Gasteiger partial charge in [-0.15, -0.1) is 0 Å². The van der Waals surface area contributed by atoms with Gasteiger partial charge in [-0.25, -0.2) is 0 Å². The molecule has 44 heavy (non-hydrogen) atoms. The lowest BCUT2D eigenvalue weighted by Gasteiger charge is -2.47. The summed E-state index contributed by atoms with van der Waals surface area (Å²) < 4.78 is 18.6. The number of aromatic hydroxyl groups is 9. The zero-order valence-corrected chi connectivity index (χ0v) is 22.4. The van der Waals surface area contributed by atoms with Gasteiger partial charge in [0.2, 0.25) is 0 Å². The van der Waals surface area contributed by atoms with Gasteiger partial charge in [0.15, 0.2) is 41.0 Å². The van der Waals surface area contributed by atoms with E-state index in [4.69, 9.17) is 14.2 Å². The number of fused-ring (bicyclic) bond motifs is 2. The van der Waals surface area contributed by atoms with Gasteiger partial charge < -0.3 is 70.4 Å². The molecule has 0 saturated carbocycles. The van der Waals surface area contributed by atoms with E-state index < -0.39 is 70.4 Å². The van der Waals surface area contributed by atoms with Gasteiger partial charge >= 0.3 is 0 Å². The summed E-state index contributed by atoms with van der Waals surface area (Å²) in [6.07, 6.45) is -6.89. The van der Waals surface area contributed by atoms with E-state index in [1.165, 1.54) is 18.2 Å². The van der Waals surface area contributed by atoms with E-state index in [0.29, 0.717) is 0 Å². The van der Waals surface area contributed by atoms with E-state index in [9.17, 15) is 56.2 Å². The SMILES string of the molecule is Oc1cc(O)c2c(c1)O[C@H](c1ccc(O)c(O)c1)[C@@H](O[C@@]1(c3cc(O)c(O)c(O)c3)Oc3cc(O)cc(O)c3[C@@H](O)[C@H]1O)C2. The van der Waals surface area contributed by atoms with E-state index in [-0.39, 0.29) is 51.7 Å². The molecule has 0 unspecified atom stereocenters. The minimum absolute atomic E-state index is 0.0271. The Morgan fingerprint density at radius 1 is 0.659 bits per heavy atom. The average molecular weight is 611 g/mol. The van der Waals surface area contributed by atoms with Gasteiger partial charge in [0, 0.05) is 41.8 Å². The van der Waals surface area contributed by atoms with Crippen molar-refractivity contribution in [2.75, 3.05) is 0 Å². The second-order valence-electron chi connectivity index (χ2n) is 10.5. The highest BCUT2D eigenvalue weighted by Crippen LogP contribution is 2.54. The summed E-state index contributed by atoms with van der Waals surface area (Å²) in [5, 5.41) is 115. The van der Waals surface area contributed by atoms with Gasteiger partial charge in [0.25, 0.3) is 5.79 Å². The van der Waals surface area contributed by atoms with Crippen molar-refractivity contribution in [2.45, 2.75) is 36.6 Å². The summed E-state index contributed by atoms with van der Waals surface area (Å²) in [6.45, 7) is 0. The first-order valence-corrected chi connectivity index (χ1v) is 13.1. The van der Waals surface area contributed by atoms with Gasteiger partial charge in [-0.1, -0.05) is 6.07 Å². The molecule has 0 bridgehead atoms. The fraction of sp³-hybridized carbons (Fsp3) is 0.200. The predicted octanol–water partition coefficient (Wildman–Crippen LogP) is 2.44. The van der Waals surface area contributed by atoms with Crippen LogP contribution in [0, 0.1) is 0 Å². The van der Waals surface area contributed by atoms with Crippen molar-refractivity contribution in [3.63, 3.8) is 0 Å². The van der Waals surface area contributed by atoms with Crippen LogP contribution < -0.4 is 9.47 Å². The number of aliphatic hydroxyl groups is 2. The topological polar surface area (TPSA) is 250 Å². The van der Waals surface area contributed by atoms with Gasteiger partial charge in [0.1, 0.15) is 46.7 Å². The maximum absolute atomic E-state index is 11.6. The summed E-state index contributed by atoms with van der Waals surface area (Å²) >= 11 is 0. The Balaban J connectivity index is 1.56. The van der Waals surface area contributed by atoms with Crippen LogP contribution in [-0.2, 0) is 16.9 Å². The van der Waals surface area contributed by atoms with Crippen LogP contribution in [-0.4, -0.2) is 68.4 Å². The number of ether oxygens (including phenoxy) is 3. The molecule has 0 fully saturated rings. The minimum atomic E-state index is -2.59. The number of rotatable bonds is 4. The lowest BCUT2D eigenvalue weighted by atomic mass is 9.86. The van der Waals surface area contributed by atoms with Crippen LogP contribution in [0.15, 0.2) is 54.6 Å². The number of benzene rings is 4. The Morgan fingerprint density at radius 3 is 1.95 bits per heavy atom. The molecule has 11 N–H and O–H groups in total. The molecule has 0 radical (unpaired) electrons. The van der Waals surface area contributed by atoms with E-state index in [1.54, 1.807) is 0 Å². The summed E-state index contributed by atoms with van der Waals surface area (Å²) in [4.78, 5) is 0. The Kier molecular flexibility index (Phi) is 6.57. The zero-order chi connectivity index (χ0) is 31.7. The molecule has 0 amide bonds. The third-order valence-electron chi connectivity index (χ3n) is 7.64. The third-order valence-corrected chi connectivity index (χ3v) is 7.64. The smallest absolute Gasteiger partial charge is 0.267 e. The standard InChI is InChI=1S/C30H26O14/c31-13-6-17(34)15-10-24(28(42-22(15)8-13)11-1-2-16(33)18(35)3-11)44-30(12-4-20(37)26(39)21(38)5-12)29(41)27(40)25-19(36)7-14(32)9-23(25)43-30/h1-9,24,27-29,31-41H,10H2/t24-,27+,28+,29+,30+/m0/s1. The third kappa shape index (κ3) is 4.48. The van der Waals surface area contributed by atoms with Gasteiger partial charge in [0.05, 0.1) is 5.56 Å². The summed E-state index contributed by atoms with van der Waals surface area (Å²) in [5.41, 5.74) is -0.328. The monoisotopic (exact) mass is 610 g/mol. The number of phenolic OH excluding ortho intramolecular Hbond substituents is 9. The Bertz CT molecular complexity index is 1770. The van der Waals surface area contributed by atoms with Crippen molar-refractivity contribution in [3.05, 3.63) is 76.9 Å². The van der Waals surface area contributed by atoms with Crippen LogP contribution in [0.2, 0.25) is 0 Å². The molecule has 0 saturated heterocycles. The summed E-state index contributed by atoms with van der Waals surface area (Å²) in [6, 6.07) is 9.67. The Hall–Kier alpha value is -5.44. The molecule has 230 valence electrons. The zero-order valence-electron chi connectivity index (χ0n) is 22.4. The number of aliphatic hydroxyl groups excluding tert-OH is 2. The first kappa shape index (κ1) is 28.7. The highest BCUT2D eigenvalue weighted by molar-refractivity contribution is 5.57. The maximum atomic E-state index is 11.6. The molecular weight excluding hydrogens is 584 g/mol. The van der Waals surface area contributed by atoms with Gasteiger partial charge in [-0.3, -0.25) is 0 Å². The van der Waals surface area contributed by atoms with Crippen LogP contribution in [0.1, 0.15) is 34.5 Å². The van der Waals surface area contributed by atoms with E-state index in [1.807, 2.05) is 0 Å². The molecule has 6 rings (SSSR count). The normalized spacial score (nSPS) is 24.0. The van der Waals surface area contributed by atoms with E-state index >= 15 is 0 Å².